The zero-order valence-electron chi connectivity index (χ0n) is 17.3. The summed E-state index contributed by atoms with van der Waals surface area (Å²) in [5.74, 6) is 1.74. The number of halogens is 1. The van der Waals surface area contributed by atoms with Gasteiger partial charge in [-0.25, -0.2) is 0 Å². The van der Waals surface area contributed by atoms with Gasteiger partial charge < -0.3 is 15.2 Å². The smallest absolute Gasteiger partial charge is 0.224 e. The highest BCUT2D eigenvalue weighted by Gasteiger charge is 2.29. The second-order valence-corrected chi connectivity index (χ2v) is 8.22. The standard InChI is InChI=1S/C23H26ClN5O/c1-15-6-8-17(9-7-15)25-14-22-28-27-21(29(22)18-10-11-18)12-13-23(30)26-20-5-3-4-19(24)16(20)2/h3-9,18,25H,10-14H2,1-2H3,(H,26,30). The first-order valence-electron chi connectivity index (χ1n) is 10.3. The molecule has 1 aliphatic carbocycles. The number of carbonyl (C=O) groups is 1. The minimum absolute atomic E-state index is 0.0509. The zero-order valence-corrected chi connectivity index (χ0v) is 18.0. The van der Waals surface area contributed by atoms with Crippen LogP contribution >= 0.6 is 11.6 Å². The lowest BCUT2D eigenvalue weighted by molar-refractivity contribution is -0.116. The molecule has 6 nitrogen and oxygen atoms in total. The number of carbonyl (C=O) groups excluding carboxylic acids is 1. The molecule has 1 aliphatic rings. The van der Waals surface area contributed by atoms with Crippen LogP contribution in [-0.2, 0) is 17.8 Å². The Hall–Kier alpha value is -2.86. The Bertz CT molecular complexity index is 1040. The number of nitrogens with zero attached hydrogens (tertiary/aromatic N) is 3. The van der Waals surface area contributed by atoms with Gasteiger partial charge in [-0.2, -0.15) is 0 Å². The molecule has 1 amide bonds. The maximum Gasteiger partial charge on any atom is 0.224 e. The molecule has 1 heterocycles. The van der Waals surface area contributed by atoms with Crippen molar-refractivity contribution in [1.29, 1.82) is 0 Å². The predicted molar refractivity (Wildman–Crippen MR) is 120 cm³/mol. The topological polar surface area (TPSA) is 71.8 Å². The average Bonchev–Trinajstić information content (AvgIpc) is 3.49. The van der Waals surface area contributed by atoms with E-state index in [0.29, 0.717) is 30.5 Å². The number of amides is 1. The highest BCUT2D eigenvalue weighted by atomic mass is 35.5. The van der Waals surface area contributed by atoms with Crippen molar-refractivity contribution < 1.29 is 4.79 Å². The van der Waals surface area contributed by atoms with Gasteiger partial charge in [-0.1, -0.05) is 35.4 Å². The number of benzene rings is 2. The SMILES string of the molecule is Cc1ccc(NCc2nnc(CCC(=O)Nc3cccc(Cl)c3C)n2C2CC2)cc1. The van der Waals surface area contributed by atoms with Crippen molar-refractivity contribution in [2.24, 2.45) is 0 Å². The molecular formula is C23H26ClN5O. The van der Waals surface area contributed by atoms with Gasteiger partial charge in [-0.15, -0.1) is 10.2 Å². The first kappa shape index (κ1) is 20.4. The summed E-state index contributed by atoms with van der Waals surface area (Å²) in [4.78, 5) is 12.5. The summed E-state index contributed by atoms with van der Waals surface area (Å²) in [6.45, 7) is 4.58. The van der Waals surface area contributed by atoms with Crippen molar-refractivity contribution in [2.75, 3.05) is 10.6 Å². The van der Waals surface area contributed by atoms with Gasteiger partial charge in [-0.05, 0) is 56.5 Å². The van der Waals surface area contributed by atoms with E-state index in [1.807, 2.05) is 25.1 Å². The summed E-state index contributed by atoms with van der Waals surface area (Å²) >= 11 is 6.14. The first-order chi connectivity index (χ1) is 14.5. The Labute approximate surface area is 181 Å². The van der Waals surface area contributed by atoms with Crippen LogP contribution in [0.5, 0.6) is 0 Å². The second kappa shape index (κ2) is 8.88. The van der Waals surface area contributed by atoms with Crippen molar-refractivity contribution in [1.82, 2.24) is 14.8 Å². The van der Waals surface area contributed by atoms with Crippen LogP contribution in [0.25, 0.3) is 0 Å². The molecule has 30 heavy (non-hydrogen) atoms. The fourth-order valence-electron chi connectivity index (χ4n) is 3.44. The van der Waals surface area contributed by atoms with Gasteiger partial charge in [0.2, 0.25) is 5.91 Å². The van der Waals surface area contributed by atoms with Crippen molar-refractivity contribution in [3.8, 4) is 0 Å². The summed E-state index contributed by atoms with van der Waals surface area (Å²) < 4.78 is 2.21. The zero-order chi connectivity index (χ0) is 21.1. The monoisotopic (exact) mass is 423 g/mol. The number of hydrogen-bond acceptors (Lipinski definition) is 4. The molecule has 2 N–H and O–H groups in total. The molecule has 0 radical (unpaired) electrons. The fraction of sp³-hybridized carbons (Fsp3) is 0.348. The molecule has 3 aromatic rings. The molecule has 2 aromatic carbocycles. The summed E-state index contributed by atoms with van der Waals surface area (Å²) in [5, 5.41) is 15.8. The third-order valence-corrected chi connectivity index (χ3v) is 5.78. The first-order valence-corrected chi connectivity index (χ1v) is 10.7. The van der Waals surface area contributed by atoms with E-state index in [2.05, 4.69) is 56.6 Å². The quantitative estimate of drug-likeness (QED) is 0.530. The summed E-state index contributed by atoms with van der Waals surface area (Å²) in [6, 6.07) is 14.3. The number of aryl methyl sites for hydroxylation is 2. The molecule has 1 fully saturated rings. The highest BCUT2D eigenvalue weighted by molar-refractivity contribution is 6.31. The van der Waals surface area contributed by atoms with Crippen LogP contribution in [0.4, 0.5) is 11.4 Å². The number of aromatic nitrogens is 3. The molecular weight excluding hydrogens is 398 g/mol. The third-order valence-electron chi connectivity index (χ3n) is 5.37. The molecule has 0 spiro atoms. The number of anilines is 2. The third kappa shape index (κ3) is 4.82. The fourth-order valence-corrected chi connectivity index (χ4v) is 3.61. The summed E-state index contributed by atoms with van der Waals surface area (Å²) in [6.07, 6.45) is 3.18. The Morgan fingerprint density at radius 3 is 2.57 bits per heavy atom. The minimum Gasteiger partial charge on any atom is -0.378 e. The Morgan fingerprint density at radius 1 is 1.10 bits per heavy atom. The van der Waals surface area contributed by atoms with Gasteiger partial charge in [0.1, 0.15) is 5.82 Å². The summed E-state index contributed by atoms with van der Waals surface area (Å²) in [7, 11) is 0. The van der Waals surface area contributed by atoms with E-state index in [0.717, 1.165) is 41.4 Å². The van der Waals surface area contributed by atoms with E-state index in [1.165, 1.54) is 5.56 Å². The van der Waals surface area contributed by atoms with Crippen LogP contribution in [0.1, 0.15) is 48.1 Å². The molecule has 0 unspecified atom stereocenters. The lowest BCUT2D eigenvalue weighted by atomic mass is 10.2. The van der Waals surface area contributed by atoms with Crippen molar-refractivity contribution in [3.05, 3.63) is 70.3 Å². The molecule has 0 saturated heterocycles. The van der Waals surface area contributed by atoms with Gasteiger partial charge in [0, 0.05) is 35.3 Å². The van der Waals surface area contributed by atoms with E-state index < -0.39 is 0 Å². The van der Waals surface area contributed by atoms with Crippen molar-refractivity contribution in [3.63, 3.8) is 0 Å². The maximum atomic E-state index is 12.5. The number of hydrogen-bond donors (Lipinski definition) is 2. The highest BCUT2D eigenvalue weighted by Crippen LogP contribution is 2.37. The minimum atomic E-state index is -0.0509. The van der Waals surface area contributed by atoms with Crippen LogP contribution in [-0.4, -0.2) is 20.7 Å². The van der Waals surface area contributed by atoms with Crippen LogP contribution in [0, 0.1) is 13.8 Å². The molecule has 1 saturated carbocycles. The second-order valence-electron chi connectivity index (χ2n) is 7.81. The lowest BCUT2D eigenvalue weighted by Gasteiger charge is -2.12. The molecule has 0 aliphatic heterocycles. The van der Waals surface area contributed by atoms with E-state index in [1.54, 1.807) is 0 Å². The molecule has 4 rings (SSSR count). The van der Waals surface area contributed by atoms with E-state index in [-0.39, 0.29) is 5.91 Å². The van der Waals surface area contributed by atoms with Crippen LogP contribution in [0.3, 0.4) is 0 Å². The average molecular weight is 424 g/mol. The molecule has 0 atom stereocenters. The van der Waals surface area contributed by atoms with Gasteiger partial charge in [-0.3, -0.25) is 4.79 Å². The molecule has 1 aromatic heterocycles. The Kier molecular flexibility index (Phi) is 6.04. The normalized spacial score (nSPS) is 13.3. The van der Waals surface area contributed by atoms with Gasteiger partial charge in [0.25, 0.3) is 0 Å². The van der Waals surface area contributed by atoms with E-state index in [9.17, 15) is 4.79 Å². The number of rotatable bonds is 8. The van der Waals surface area contributed by atoms with E-state index in [4.69, 9.17) is 11.6 Å². The van der Waals surface area contributed by atoms with Crippen molar-refractivity contribution in [2.45, 2.75) is 52.1 Å². The Morgan fingerprint density at radius 2 is 1.83 bits per heavy atom. The predicted octanol–water partition coefficient (Wildman–Crippen LogP) is 5.07. The van der Waals surface area contributed by atoms with Crippen LogP contribution in [0.15, 0.2) is 42.5 Å². The Balaban J connectivity index is 1.39. The van der Waals surface area contributed by atoms with Gasteiger partial charge in [0.15, 0.2) is 5.82 Å². The van der Waals surface area contributed by atoms with E-state index >= 15 is 0 Å². The molecule has 156 valence electrons. The number of nitrogens with one attached hydrogen (secondary N) is 2. The molecule has 0 bridgehead atoms. The lowest BCUT2D eigenvalue weighted by Crippen LogP contribution is -2.15. The van der Waals surface area contributed by atoms with Crippen LogP contribution < -0.4 is 10.6 Å². The van der Waals surface area contributed by atoms with Gasteiger partial charge >= 0.3 is 0 Å². The van der Waals surface area contributed by atoms with Gasteiger partial charge in [0.05, 0.1) is 6.54 Å². The summed E-state index contributed by atoms with van der Waals surface area (Å²) in [5.41, 5.74) is 3.91. The largest absolute Gasteiger partial charge is 0.378 e. The molecule has 7 heteroatoms. The maximum absolute atomic E-state index is 12.5. The van der Waals surface area contributed by atoms with Crippen LogP contribution in [0.2, 0.25) is 5.02 Å². The van der Waals surface area contributed by atoms with Crippen molar-refractivity contribution >= 4 is 28.9 Å².